The summed E-state index contributed by atoms with van der Waals surface area (Å²) in [4.78, 5) is 39.7. The van der Waals surface area contributed by atoms with E-state index in [9.17, 15) is 19.7 Å². The molecule has 9 heteroatoms. The second kappa shape index (κ2) is 9.44. The topological polar surface area (TPSA) is 89.8 Å². The molecular formula is C20H18N2O5S2. The molecule has 2 heterocycles. The number of benzene rings is 1. The van der Waals surface area contributed by atoms with Crippen LogP contribution >= 0.6 is 22.7 Å². The van der Waals surface area contributed by atoms with Crippen molar-refractivity contribution >= 4 is 40.2 Å². The van der Waals surface area contributed by atoms with Crippen molar-refractivity contribution in [3.05, 3.63) is 84.2 Å². The number of carbonyl (C=O) groups excluding carboxylic acids is 2. The largest absolute Gasteiger partial charge is 0.462 e. The number of nitro groups is 1. The van der Waals surface area contributed by atoms with E-state index in [4.69, 9.17) is 4.74 Å². The third-order valence-corrected chi connectivity index (χ3v) is 5.75. The Morgan fingerprint density at radius 1 is 1.03 bits per heavy atom. The molecule has 1 amide bonds. The summed E-state index contributed by atoms with van der Waals surface area (Å²) in [7, 11) is 0. The summed E-state index contributed by atoms with van der Waals surface area (Å²) in [6.45, 7) is 2.51. The summed E-state index contributed by atoms with van der Waals surface area (Å²) in [6.07, 6.45) is 0. The number of amides is 1. The van der Waals surface area contributed by atoms with Crippen LogP contribution in [0.15, 0.2) is 53.2 Å². The van der Waals surface area contributed by atoms with E-state index in [1.165, 1.54) is 34.8 Å². The molecule has 0 aliphatic heterocycles. The van der Waals surface area contributed by atoms with Crippen molar-refractivity contribution in [1.82, 2.24) is 4.90 Å². The van der Waals surface area contributed by atoms with Crippen LogP contribution in [-0.4, -0.2) is 28.3 Å². The standard InChI is InChI=1S/C20H18N2O5S2/c1-2-27-20(24)15-9-14(10-16(11-15)22(25)26)19(23)21(12-17-5-3-7-28-17)13-18-6-4-8-29-18/h3-11H,2,12-13H2,1H3. The Labute approximate surface area is 175 Å². The molecular weight excluding hydrogens is 412 g/mol. The van der Waals surface area contributed by atoms with Crippen LogP contribution in [0.4, 0.5) is 5.69 Å². The summed E-state index contributed by atoms with van der Waals surface area (Å²) in [5, 5.41) is 15.2. The van der Waals surface area contributed by atoms with Crippen LogP contribution in [-0.2, 0) is 17.8 Å². The van der Waals surface area contributed by atoms with Crippen LogP contribution in [0.1, 0.15) is 37.4 Å². The van der Waals surface area contributed by atoms with E-state index in [1.807, 2.05) is 35.0 Å². The van der Waals surface area contributed by atoms with Crippen molar-refractivity contribution in [3.63, 3.8) is 0 Å². The SMILES string of the molecule is CCOC(=O)c1cc(C(=O)N(Cc2cccs2)Cc2cccs2)cc([N+](=O)[O-])c1. The van der Waals surface area contributed by atoms with Gasteiger partial charge in [-0.05, 0) is 35.9 Å². The lowest BCUT2D eigenvalue weighted by atomic mass is 10.1. The molecule has 0 fully saturated rings. The number of hydrogen-bond acceptors (Lipinski definition) is 7. The van der Waals surface area contributed by atoms with E-state index >= 15 is 0 Å². The molecule has 2 aromatic heterocycles. The predicted molar refractivity (Wildman–Crippen MR) is 111 cm³/mol. The second-order valence-electron chi connectivity index (χ2n) is 6.07. The zero-order valence-corrected chi connectivity index (χ0v) is 17.2. The molecule has 0 spiro atoms. The molecule has 0 saturated carbocycles. The summed E-state index contributed by atoms with van der Waals surface area (Å²) >= 11 is 3.05. The average molecular weight is 431 g/mol. The molecule has 0 aliphatic carbocycles. The van der Waals surface area contributed by atoms with Gasteiger partial charge in [0.05, 0.1) is 30.2 Å². The van der Waals surface area contributed by atoms with Crippen molar-refractivity contribution in [3.8, 4) is 0 Å². The highest BCUT2D eigenvalue weighted by molar-refractivity contribution is 7.10. The maximum absolute atomic E-state index is 13.3. The Bertz CT molecular complexity index is 964. The number of carbonyl (C=O) groups is 2. The van der Waals surface area contributed by atoms with Gasteiger partial charge in [-0.15, -0.1) is 22.7 Å². The molecule has 0 bridgehead atoms. The van der Waals surface area contributed by atoms with Gasteiger partial charge in [0.2, 0.25) is 0 Å². The maximum Gasteiger partial charge on any atom is 0.338 e. The third-order valence-electron chi connectivity index (χ3n) is 4.03. The van der Waals surface area contributed by atoms with Crippen LogP contribution in [0, 0.1) is 10.1 Å². The maximum atomic E-state index is 13.3. The normalized spacial score (nSPS) is 10.5. The Kier molecular flexibility index (Phi) is 6.73. The fourth-order valence-electron chi connectivity index (χ4n) is 2.74. The lowest BCUT2D eigenvalue weighted by Gasteiger charge is -2.22. The molecule has 7 nitrogen and oxygen atoms in total. The molecule has 0 aliphatic rings. The first kappa shape index (κ1) is 20.7. The zero-order chi connectivity index (χ0) is 20.8. The third kappa shape index (κ3) is 5.27. The molecule has 3 aromatic rings. The number of rotatable bonds is 8. The van der Waals surface area contributed by atoms with Crippen molar-refractivity contribution in [1.29, 1.82) is 0 Å². The van der Waals surface area contributed by atoms with Crippen molar-refractivity contribution in [2.75, 3.05) is 6.61 Å². The van der Waals surface area contributed by atoms with E-state index in [0.717, 1.165) is 15.8 Å². The predicted octanol–water partition coefficient (Wildman–Crippen LogP) is 4.74. The Morgan fingerprint density at radius 3 is 2.10 bits per heavy atom. The number of hydrogen-bond donors (Lipinski definition) is 0. The van der Waals surface area contributed by atoms with Crippen molar-refractivity contribution in [2.45, 2.75) is 20.0 Å². The lowest BCUT2D eigenvalue weighted by Crippen LogP contribution is -2.29. The number of nitrogens with zero attached hydrogens (tertiary/aromatic N) is 2. The van der Waals surface area contributed by atoms with Crippen LogP contribution in [0.2, 0.25) is 0 Å². The molecule has 1 aromatic carbocycles. The minimum absolute atomic E-state index is 0.0170. The van der Waals surface area contributed by atoms with Crippen LogP contribution in [0.25, 0.3) is 0 Å². The average Bonchev–Trinajstić information content (AvgIpc) is 3.41. The second-order valence-corrected chi connectivity index (χ2v) is 8.13. The summed E-state index contributed by atoms with van der Waals surface area (Å²) in [5.74, 6) is -1.09. The number of thiophene rings is 2. The zero-order valence-electron chi connectivity index (χ0n) is 15.6. The van der Waals surface area contributed by atoms with Crippen LogP contribution < -0.4 is 0 Å². The van der Waals surface area contributed by atoms with Gasteiger partial charge in [-0.2, -0.15) is 0 Å². The molecule has 0 radical (unpaired) electrons. The van der Waals surface area contributed by atoms with Gasteiger partial charge < -0.3 is 9.64 Å². The summed E-state index contributed by atoms with van der Waals surface area (Å²) in [5.41, 5.74) is -0.266. The van der Waals surface area contributed by atoms with Gasteiger partial charge in [0, 0.05) is 27.5 Å². The molecule has 3 rings (SSSR count). The van der Waals surface area contributed by atoms with E-state index in [1.54, 1.807) is 11.8 Å². The van der Waals surface area contributed by atoms with Gasteiger partial charge in [0.15, 0.2) is 0 Å². The number of nitro benzene ring substituents is 1. The lowest BCUT2D eigenvalue weighted by molar-refractivity contribution is -0.384. The van der Waals surface area contributed by atoms with Gasteiger partial charge in [0.25, 0.3) is 11.6 Å². The highest BCUT2D eigenvalue weighted by Crippen LogP contribution is 2.23. The quantitative estimate of drug-likeness (QED) is 0.293. The van der Waals surface area contributed by atoms with Gasteiger partial charge in [0.1, 0.15) is 0 Å². The Hall–Kier alpha value is -3.04. The Morgan fingerprint density at radius 2 is 1.62 bits per heavy atom. The van der Waals surface area contributed by atoms with E-state index < -0.39 is 10.9 Å². The molecule has 0 atom stereocenters. The fraction of sp³-hybridized carbons (Fsp3) is 0.200. The first-order chi connectivity index (χ1) is 14.0. The molecule has 0 saturated heterocycles. The number of ether oxygens (including phenoxy) is 1. The van der Waals surface area contributed by atoms with Gasteiger partial charge >= 0.3 is 5.97 Å². The molecule has 29 heavy (non-hydrogen) atoms. The highest BCUT2D eigenvalue weighted by Gasteiger charge is 2.23. The summed E-state index contributed by atoms with van der Waals surface area (Å²) in [6, 6.07) is 11.3. The van der Waals surface area contributed by atoms with E-state index in [2.05, 4.69) is 0 Å². The van der Waals surface area contributed by atoms with Gasteiger partial charge in [-0.3, -0.25) is 14.9 Å². The van der Waals surface area contributed by atoms with Gasteiger partial charge in [-0.25, -0.2) is 4.79 Å². The number of esters is 1. The molecule has 0 N–H and O–H groups in total. The smallest absolute Gasteiger partial charge is 0.338 e. The van der Waals surface area contributed by atoms with Crippen LogP contribution in [0.5, 0.6) is 0 Å². The fourth-order valence-corrected chi connectivity index (χ4v) is 4.17. The first-order valence-corrected chi connectivity index (χ1v) is 10.5. The first-order valence-electron chi connectivity index (χ1n) is 8.78. The van der Waals surface area contributed by atoms with Crippen LogP contribution in [0.3, 0.4) is 0 Å². The van der Waals surface area contributed by atoms with Gasteiger partial charge in [-0.1, -0.05) is 12.1 Å². The van der Waals surface area contributed by atoms with E-state index in [0.29, 0.717) is 13.1 Å². The molecule has 0 unspecified atom stereocenters. The number of non-ortho nitro benzene ring substituents is 1. The van der Waals surface area contributed by atoms with E-state index in [-0.39, 0.29) is 29.3 Å². The Balaban J connectivity index is 1.96. The minimum atomic E-state index is -0.701. The summed E-state index contributed by atoms with van der Waals surface area (Å²) < 4.78 is 4.95. The van der Waals surface area contributed by atoms with Crippen molar-refractivity contribution < 1.29 is 19.2 Å². The minimum Gasteiger partial charge on any atom is -0.462 e. The monoisotopic (exact) mass is 430 g/mol. The highest BCUT2D eigenvalue weighted by atomic mass is 32.1. The molecule has 150 valence electrons. The van der Waals surface area contributed by atoms with Crippen molar-refractivity contribution in [2.24, 2.45) is 0 Å².